The molecular weight excluding hydrogens is 310 g/mol. The quantitative estimate of drug-likeness (QED) is 0.941. The van der Waals surface area contributed by atoms with Crippen molar-refractivity contribution in [1.82, 2.24) is 14.3 Å². The standard InChI is InChI=1S/C17H19N3O2S/c21-23(22,15-8-7-13-4-1-2-5-14(13)12-15)20-11-3-6-16(20)17-18-9-10-19-17/h1-2,4-5,9-10,12,16H,3,6-8,11H2,(H,18,19)/t16-/m1/s1. The number of aromatic amines is 1. The van der Waals surface area contributed by atoms with Crippen molar-refractivity contribution in [2.45, 2.75) is 31.7 Å². The van der Waals surface area contributed by atoms with Crippen LogP contribution < -0.4 is 0 Å². The largest absolute Gasteiger partial charge is 0.347 e. The van der Waals surface area contributed by atoms with Crippen molar-refractivity contribution in [1.29, 1.82) is 0 Å². The Kier molecular flexibility index (Phi) is 3.58. The second-order valence-electron chi connectivity index (χ2n) is 6.06. The second-order valence-corrected chi connectivity index (χ2v) is 8.00. The van der Waals surface area contributed by atoms with Crippen molar-refractivity contribution >= 4 is 16.1 Å². The Morgan fingerprint density at radius 3 is 2.91 bits per heavy atom. The van der Waals surface area contributed by atoms with Gasteiger partial charge in [0.25, 0.3) is 0 Å². The van der Waals surface area contributed by atoms with Crippen molar-refractivity contribution in [3.05, 3.63) is 58.5 Å². The number of aryl methyl sites for hydroxylation is 1. The number of nitrogens with zero attached hydrogens (tertiary/aromatic N) is 2. The molecule has 1 atom stereocenters. The van der Waals surface area contributed by atoms with Crippen LogP contribution in [-0.2, 0) is 16.4 Å². The van der Waals surface area contributed by atoms with Gasteiger partial charge >= 0.3 is 0 Å². The van der Waals surface area contributed by atoms with Crippen LogP contribution in [0, 0.1) is 0 Å². The first-order valence-corrected chi connectivity index (χ1v) is 9.40. The summed E-state index contributed by atoms with van der Waals surface area (Å²) in [6.45, 7) is 0.562. The number of hydrogen-bond donors (Lipinski definition) is 1. The highest BCUT2D eigenvalue weighted by Crippen LogP contribution is 2.37. The summed E-state index contributed by atoms with van der Waals surface area (Å²) in [4.78, 5) is 7.85. The van der Waals surface area contributed by atoms with E-state index in [4.69, 9.17) is 0 Å². The minimum atomic E-state index is -3.45. The number of benzene rings is 1. The molecule has 1 aromatic carbocycles. The van der Waals surface area contributed by atoms with Gasteiger partial charge in [0, 0.05) is 18.9 Å². The highest BCUT2D eigenvalue weighted by atomic mass is 32.2. The molecule has 23 heavy (non-hydrogen) atoms. The number of allylic oxidation sites excluding steroid dienone is 1. The topological polar surface area (TPSA) is 66.1 Å². The molecule has 0 unspecified atom stereocenters. The van der Waals surface area contributed by atoms with Gasteiger partial charge in [-0.3, -0.25) is 0 Å². The molecular formula is C17H19N3O2S. The first-order valence-electron chi connectivity index (χ1n) is 7.96. The third kappa shape index (κ3) is 2.52. The summed E-state index contributed by atoms with van der Waals surface area (Å²) in [6.07, 6.45) is 8.29. The van der Waals surface area contributed by atoms with Crippen LogP contribution >= 0.6 is 0 Å². The molecule has 2 aromatic rings. The van der Waals surface area contributed by atoms with Crippen molar-refractivity contribution in [2.75, 3.05) is 6.54 Å². The molecule has 1 N–H and O–H groups in total. The summed E-state index contributed by atoms with van der Waals surface area (Å²) in [5, 5.41) is 0. The fraction of sp³-hybridized carbons (Fsp3) is 0.353. The molecule has 4 rings (SSSR count). The number of aromatic nitrogens is 2. The van der Waals surface area contributed by atoms with Crippen LogP contribution in [0.15, 0.2) is 41.6 Å². The maximum absolute atomic E-state index is 13.1. The van der Waals surface area contributed by atoms with E-state index >= 15 is 0 Å². The zero-order valence-electron chi connectivity index (χ0n) is 12.8. The third-order valence-corrected chi connectivity index (χ3v) is 6.73. The summed E-state index contributed by atoms with van der Waals surface area (Å²) < 4.78 is 27.9. The highest BCUT2D eigenvalue weighted by molar-refractivity contribution is 7.93. The fourth-order valence-electron chi connectivity index (χ4n) is 3.52. The van der Waals surface area contributed by atoms with Gasteiger partial charge in [-0.2, -0.15) is 4.31 Å². The summed E-state index contributed by atoms with van der Waals surface area (Å²) in [5.74, 6) is 0.739. The maximum atomic E-state index is 13.1. The fourth-order valence-corrected chi connectivity index (χ4v) is 5.37. The van der Waals surface area contributed by atoms with E-state index in [-0.39, 0.29) is 6.04 Å². The Hall–Kier alpha value is -1.92. The number of H-pyrrole nitrogens is 1. The smallest absolute Gasteiger partial charge is 0.239 e. The van der Waals surface area contributed by atoms with E-state index in [1.54, 1.807) is 16.7 Å². The monoisotopic (exact) mass is 329 g/mol. The van der Waals surface area contributed by atoms with Gasteiger partial charge in [0.15, 0.2) is 0 Å². The molecule has 1 fully saturated rings. The molecule has 0 saturated carbocycles. The average molecular weight is 329 g/mol. The number of rotatable bonds is 3. The summed E-state index contributed by atoms with van der Waals surface area (Å²) in [6, 6.07) is 7.83. The Morgan fingerprint density at radius 2 is 2.09 bits per heavy atom. The summed E-state index contributed by atoms with van der Waals surface area (Å²) in [7, 11) is -3.45. The molecule has 2 heterocycles. The normalized spacial score (nSPS) is 21.9. The number of fused-ring (bicyclic) bond motifs is 1. The van der Waals surface area contributed by atoms with Gasteiger partial charge in [0.05, 0.1) is 10.9 Å². The molecule has 0 radical (unpaired) electrons. The van der Waals surface area contributed by atoms with E-state index in [1.165, 1.54) is 5.56 Å². The van der Waals surface area contributed by atoms with Crippen LogP contribution in [0.25, 0.3) is 6.08 Å². The van der Waals surface area contributed by atoms with E-state index in [9.17, 15) is 8.42 Å². The van der Waals surface area contributed by atoms with E-state index in [0.29, 0.717) is 17.9 Å². The van der Waals surface area contributed by atoms with Crippen LogP contribution in [0.5, 0.6) is 0 Å². The van der Waals surface area contributed by atoms with E-state index in [1.807, 2.05) is 24.3 Å². The predicted octanol–water partition coefficient (Wildman–Crippen LogP) is 2.86. The van der Waals surface area contributed by atoms with Crippen molar-refractivity contribution in [3.63, 3.8) is 0 Å². The lowest BCUT2D eigenvalue weighted by Gasteiger charge is -2.26. The maximum Gasteiger partial charge on any atom is 0.239 e. The van der Waals surface area contributed by atoms with Crippen LogP contribution in [-0.4, -0.2) is 29.2 Å². The lowest BCUT2D eigenvalue weighted by molar-refractivity contribution is 0.388. The van der Waals surface area contributed by atoms with Crippen LogP contribution in [0.4, 0.5) is 0 Å². The molecule has 5 nitrogen and oxygen atoms in total. The molecule has 6 heteroatoms. The summed E-state index contributed by atoms with van der Waals surface area (Å²) in [5.41, 5.74) is 2.24. The molecule has 120 valence electrons. The Morgan fingerprint density at radius 1 is 1.22 bits per heavy atom. The second kappa shape index (κ2) is 5.62. The predicted molar refractivity (Wildman–Crippen MR) is 88.9 cm³/mol. The third-order valence-electron chi connectivity index (χ3n) is 4.69. The molecule has 0 amide bonds. The lowest BCUT2D eigenvalue weighted by Crippen LogP contribution is -2.32. The van der Waals surface area contributed by atoms with E-state index < -0.39 is 10.0 Å². The van der Waals surface area contributed by atoms with Crippen LogP contribution in [0.2, 0.25) is 0 Å². The summed E-state index contributed by atoms with van der Waals surface area (Å²) >= 11 is 0. The van der Waals surface area contributed by atoms with Crippen LogP contribution in [0.3, 0.4) is 0 Å². The zero-order chi connectivity index (χ0) is 15.9. The Labute approximate surface area is 136 Å². The van der Waals surface area contributed by atoms with Gasteiger partial charge in [-0.25, -0.2) is 13.4 Å². The average Bonchev–Trinajstić information content (AvgIpc) is 3.25. The van der Waals surface area contributed by atoms with E-state index in [0.717, 1.165) is 30.7 Å². The van der Waals surface area contributed by atoms with Gasteiger partial charge in [0.1, 0.15) is 5.82 Å². The first kappa shape index (κ1) is 14.7. The SMILES string of the molecule is O=S(=O)(C1=Cc2ccccc2CC1)N1CCC[C@@H]1c1ncc[nH]1. The zero-order valence-corrected chi connectivity index (χ0v) is 13.6. The van der Waals surface area contributed by atoms with Crippen LogP contribution in [0.1, 0.15) is 42.3 Å². The number of hydrogen-bond acceptors (Lipinski definition) is 3. The number of sulfonamides is 1. The molecule has 1 aromatic heterocycles. The van der Waals surface area contributed by atoms with E-state index in [2.05, 4.69) is 16.0 Å². The van der Waals surface area contributed by atoms with Gasteiger partial charge in [-0.05, 0) is 42.9 Å². The van der Waals surface area contributed by atoms with Gasteiger partial charge in [-0.1, -0.05) is 24.3 Å². The molecule has 0 spiro atoms. The van der Waals surface area contributed by atoms with Crippen molar-refractivity contribution in [3.8, 4) is 0 Å². The number of nitrogens with one attached hydrogen (secondary N) is 1. The van der Waals surface area contributed by atoms with Crippen molar-refractivity contribution < 1.29 is 8.42 Å². The lowest BCUT2D eigenvalue weighted by atomic mass is 9.98. The van der Waals surface area contributed by atoms with Crippen molar-refractivity contribution in [2.24, 2.45) is 0 Å². The molecule has 1 aliphatic carbocycles. The highest BCUT2D eigenvalue weighted by Gasteiger charge is 2.38. The molecule has 1 aliphatic heterocycles. The Bertz CT molecular complexity index is 840. The first-order chi connectivity index (χ1) is 11.2. The van der Waals surface area contributed by atoms with Gasteiger partial charge < -0.3 is 4.98 Å². The van der Waals surface area contributed by atoms with Gasteiger partial charge in [0.2, 0.25) is 10.0 Å². The minimum Gasteiger partial charge on any atom is -0.347 e. The minimum absolute atomic E-state index is 0.173. The Balaban J connectivity index is 1.70. The van der Waals surface area contributed by atoms with Gasteiger partial charge in [-0.15, -0.1) is 0 Å². The number of imidazole rings is 1. The molecule has 1 saturated heterocycles. The molecule has 2 aliphatic rings. The molecule has 0 bridgehead atoms.